The second-order valence-corrected chi connectivity index (χ2v) is 3.98. The second-order valence-electron chi connectivity index (χ2n) is 3.98. The molecule has 1 rings (SSSR count). The first kappa shape index (κ1) is 11.5. The molecule has 4 nitrogen and oxygen atoms in total. The van der Waals surface area contributed by atoms with E-state index in [9.17, 15) is 4.79 Å². The molecule has 82 valence electrons. The van der Waals surface area contributed by atoms with Gasteiger partial charge in [0.05, 0.1) is 0 Å². The number of hydrogen-bond donors (Lipinski definition) is 2. The van der Waals surface area contributed by atoms with Gasteiger partial charge in [0, 0.05) is 17.8 Å². The molecule has 1 aromatic heterocycles. The second kappa shape index (κ2) is 4.77. The summed E-state index contributed by atoms with van der Waals surface area (Å²) in [5.41, 5.74) is 6.05. The highest BCUT2D eigenvalue weighted by atomic mass is 16.1. The zero-order chi connectivity index (χ0) is 11.4. The Morgan fingerprint density at radius 1 is 1.47 bits per heavy atom. The molecule has 15 heavy (non-hydrogen) atoms. The molecule has 1 atom stereocenters. The largest absolute Gasteiger partial charge is 0.384 e. The van der Waals surface area contributed by atoms with Gasteiger partial charge >= 0.3 is 0 Å². The third-order valence-corrected chi connectivity index (χ3v) is 2.40. The first-order valence-electron chi connectivity index (χ1n) is 5.03. The highest BCUT2D eigenvalue weighted by Gasteiger charge is 2.12. The van der Waals surface area contributed by atoms with Gasteiger partial charge in [-0.05, 0) is 25.0 Å². The average Bonchev–Trinajstić information content (AvgIpc) is 2.17. The van der Waals surface area contributed by atoms with Crippen LogP contribution in [0.25, 0.3) is 0 Å². The number of nitrogens with zero attached hydrogens (tertiary/aromatic N) is 1. The van der Waals surface area contributed by atoms with E-state index in [1.807, 2.05) is 6.92 Å². The van der Waals surface area contributed by atoms with Crippen LogP contribution >= 0.6 is 0 Å². The van der Waals surface area contributed by atoms with Gasteiger partial charge in [-0.1, -0.05) is 13.8 Å². The number of carbonyl (C=O) groups is 1. The van der Waals surface area contributed by atoms with Gasteiger partial charge in [-0.3, -0.25) is 4.79 Å². The Kier molecular flexibility index (Phi) is 3.66. The summed E-state index contributed by atoms with van der Waals surface area (Å²) in [4.78, 5) is 15.6. The summed E-state index contributed by atoms with van der Waals surface area (Å²) >= 11 is 0. The molecule has 0 spiro atoms. The zero-order valence-corrected chi connectivity index (χ0v) is 9.32. The molecule has 0 bridgehead atoms. The Balaban J connectivity index is 2.69. The van der Waals surface area contributed by atoms with Crippen LogP contribution in [0, 0.1) is 5.92 Å². The summed E-state index contributed by atoms with van der Waals surface area (Å²) in [6.45, 7) is 6.10. The predicted molar refractivity (Wildman–Crippen MR) is 60.4 cm³/mol. The van der Waals surface area contributed by atoms with Crippen molar-refractivity contribution in [2.24, 2.45) is 5.92 Å². The highest BCUT2D eigenvalue weighted by molar-refractivity contribution is 5.94. The van der Waals surface area contributed by atoms with E-state index in [1.165, 1.54) is 6.20 Å². The fraction of sp³-hybridized carbons (Fsp3) is 0.455. The third kappa shape index (κ3) is 3.23. The zero-order valence-electron chi connectivity index (χ0n) is 9.32. The molecular weight excluding hydrogens is 190 g/mol. The predicted octanol–water partition coefficient (Wildman–Crippen LogP) is 1.44. The Morgan fingerprint density at radius 3 is 2.67 bits per heavy atom. The van der Waals surface area contributed by atoms with Gasteiger partial charge in [0.25, 0.3) is 5.91 Å². The Morgan fingerprint density at radius 2 is 2.13 bits per heavy atom. The fourth-order valence-electron chi connectivity index (χ4n) is 1.05. The van der Waals surface area contributed by atoms with Gasteiger partial charge in [-0.2, -0.15) is 0 Å². The first-order valence-corrected chi connectivity index (χ1v) is 5.03. The number of amides is 1. The molecule has 4 heteroatoms. The number of aromatic nitrogens is 1. The lowest BCUT2D eigenvalue weighted by Crippen LogP contribution is -2.36. The number of nitrogen functional groups attached to an aromatic ring is 1. The lowest BCUT2D eigenvalue weighted by atomic mass is 10.1. The number of pyridine rings is 1. The van der Waals surface area contributed by atoms with Crippen LogP contribution in [0.1, 0.15) is 31.1 Å². The van der Waals surface area contributed by atoms with Crippen LogP contribution < -0.4 is 11.1 Å². The number of anilines is 1. The van der Waals surface area contributed by atoms with Crippen LogP contribution in [0.3, 0.4) is 0 Å². The maximum absolute atomic E-state index is 11.7. The first-order chi connectivity index (χ1) is 7.00. The van der Waals surface area contributed by atoms with Gasteiger partial charge in [0.15, 0.2) is 0 Å². The molecule has 0 aliphatic carbocycles. The minimum Gasteiger partial charge on any atom is -0.384 e. The van der Waals surface area contributed by atoms with Crippen LogP contribution in [0.2, 0.25) is 0 Å². The van der Waals surface area contributed by atoms with Gasteiger partial charge in [0.1, 0.15) is 5.82 Å². The summed E-state index contributed by atoms with van der Waals surface area (Å²) in [5.74, 6) is 0.665. The van der Waals surface area contributed by atoms with Crippen molar-refractivity contribution in [3.05, 3.63) is 23.9 Å². The van der Waals surface area contributed by atoms with Gasteiger partial charge in [0.2, 0.25) is 0 Å². The molecule has 0 aliphatic heterocycles. The van der Waals surface area contributed by atoms with Gasteiger partial charge < -0.3 is 11.1 Å². The SMILES string of the molecule is CC(C)C(C)NC(=O)c1ccnc(N)c1. The smallest absolute Gasteiger partial charge is 0.251 e. The van der Waals surface area contributed by atoms with E-state index in [1.54, 1.807) is 12.1 Å². The lowest BCUT2D eigenvalue weighted by molar-refractivity contribution is 0.0930. The van der Waals surface area contributed by atoms with Crippen molar-refractivity contribution in [1.82, 2.24) is 10.3 Å². The van der Waals surface area contributed by atoms with E-state index in [0.717, 1.165) is 0 Å². The molecule has 1 amide bonds. The van der Waals surface area contributed by atoms with E-state index < -0.39 is 0 Å². The van der Waals surface area contributed by atoms with E-state index in [2.05, 4.69) is 24.1 Å². The van der Waals surface area contributed by atoms with Crippen molar-refractivity contribution in [3.63, 3.8) is 0 Å². The topological polar surface area (TPSA) is 68.0 Å². The quantitative estimate of drug-likeness (QED) is 0.788. The van der Waals surface area contributed by atoms with Crippen LogP contribution in [-0.4, -0.2) is 16.9 Å². The van der Waals surface area contributed by atoms with Crippen LogP contribution in [-0.2, 0) is 0 Å². The van der Waals surface area contributed by atoms with Gasteiger partial charge in [-0.25, -0.2) is 4.98 Å². The number of carbonyl (C=O) groups excluding carboxylic acids is 1. The minimum atomic E-state index is -0.106. The molecule has 0 aromatic carbocycles. The normalized spacial score (nSPS) is 12.5. The number of rotatable bonds is 3. The molecule has 0 saturated heterocycles. The summed E-state index contributed by atoms with van der Waals surface area (Å²) in [6.07, 6.45) is 1.53. The molecule has 0 saturated carbocycles. The standard InChI is InChI=1S/C11H17N3O/c1-7(2)8(3)14-11(15)9-4-5-13-10(12)6-9/h4-8H,1-3H3,(H2,12,13)(H,14,15). The lowest BCUT2D eigenvalue weighted by Gasteiger charge is -2.17. The number of hydrogen-bond acceptors (Lipinski definition) is 3. The van der Waals surface area contributed by atoms with Crippen LogP contribution in [0.4, 0.5) is 5.82 Å². The minimum absolute atomic E-state index is 0.106. The molecule has 0 aliphatic rings. The monoisotopic (exact) mass is 207 g/mol. The molecule has 0 fully saturated rings. The summed E-state index contributed by atoms with van der Waals surface area (Å²) < 4.78 is 0. The van der Waals surface area contributed by atoms with Crippen LogP contribution in [0.5, 0.6) is 0 Å². The molecule has 3 N–H and O–H groups in total. The van der Waals surface area contributed by atoms with E-state index >= 15 is 0 Å². The molecule has 1 aromatic rings. The molecule has 0 radical (unpaired) electrons. The van der Waals surface area contributed by atoms with E-state index in [0.29, 0.717) is 17.3 Å². The van der Waals surface area contributed by atoms with E-state index in [4.69, 9.17) is 5.73 Å². The molecular formula is C11H17N3O. The van der Waals surface area contributed by atoms with Crippen molar-refractivity contribution >= 4 is 11.7 Å². The number of nitrogens with two attached hydrogens (primary N) is 1. The maximum atomic E-state index is 11.7. The van der Waals surface area contributed by atoms with Crippen molar-refractivity contribution in [1.29, 1.82) is 0 Å². The average molecular weight is 207 g/mol. The molecule has 1 unspecified atom stereocenters. The van der Waals surface area contributed by atoms with Crippen molar-refractivity contribution in [2.45, 2.75) is 26.8 Å². The number of nitrogens with one attached hydrogen (secondary N) is 1. The Bertz CT molecular complexity index is 349. The molecule has 1 heterocycles. The summed E-state index contributed by atoms with van der Waals surface area (Å²) in [5, 5.41) is 2.90. The van der Waals surface area contributed by atoms with Crippen molar-refractivity contribution in [2.75, 3.05) is 5.73 Å². The van der Waals surface area contributed by atoms with Crippen molar-refractivity contribution in [3.8, 4) is 0 Å². The van der Waals surface area contributed by atoms with Crippen molar-refractivity contribution < 1.29 is 4.79 Å². The Labute approximate surface area is 89.9 Å². The van der Waals surface area contributed by atoms with Gasteiger partial charge in [-0.15, -0.1) is 0 Å². The maximum Gasteiger partial charge on any atom is 0.251 e. The summed E-state index contributed by atoms with van der Waals surface area (Å²) in [6, 6.07) is 3.37. The fourth-order valence-corrected chi connectivity index (χ4v) is 1.05. The highest BCUT2D eigenvalue weighted by Crippen LogP contribution is 2.05. The summed E-state index contributed by atoms with van der Waals surface area (Å²) in [7, 11) is 0. The third-order valence-electron chi connectivity index (χ3n) is 2.40. The van der Waals surface area contributed by atoms with Crippen LogP contribution in [0.15, 0.2) is 18.3 Å². The van der Waals surface area contributed by atoms with E-state index in [-0.39, 0.29) is 11.9 Å². The Hall–Kier alpha value is -1.58.